The summed E-state index contributed by atoms with van der Waals surface area (Å²) in [6.07, 6.45) is -6.18. The van der Waals surface area contributed by atoms with Crippen molar-refractivity contribution < 1.29 is 34.4 Å². The molecule has 0 unspecified atom stereocenters. The van der Waals surface area contributed by atoms with Crippen LogP contribution in [0.15, 0.2) is 36.4 Å². The molecule has 10 nitrogen and oxygen atoms in total. The molecule has 7 rings (SSSR count). The van der Waals surface area contributed by atoms with E-state index in [1.165, 1.54) is 7.11 Å². The molecule has 2 amide bonds. The Morgan fingerprint density at radius 3 is 2.28 bits per heavy atom. The lowest BCUT2D eigenvalue weighted by Crippen LogP contribution is -2.57. The van der Waals surface area contributed by atoms with Gasteiger partial charge in [0.05, 0.1) is 49.8 Å². The minimum absolute atomic E-state index is 0.161. The second-order valence-electron chi connectivity index (χ2n) is 9.73. The number of amides is 2. The zero-order valence-corrected chi connectivity index (χ0v) is 21.7. The Hall–Kier alpha value is -3.22. The van der Waals surface area contributed by atoms with E-state index in [-0.39, 0.29) is 16.1 Å². The van der Waals surface area contributed by atoms with Crippen LogP contribution in [0.2, 0.25) is 10.0 Å². The first kappa shape index (κ1) is 24.8. The van der Waals surface area contributed by atoms with Gasteiger partial charge < -0.3 is 34.3 Å². The maximum absolute atomic E-state index is 13.3. The first-order valence-corrected chi connectivity index (χ1v) is 12.9. The van der Waals surface area contributed by atoms with Crippen molar-refractivity contribution in [1.82, 2.24) is 14.9 Å². The van der Waals surface area contributed by atoms with Crippen molar-refractivity contribution in [3.63, 3.8) is 0 Å². The molecule has 4 heterocycles. The van der Waals surface area contributed by atoms with Gasteiger partial charge in [0.15, 0.2) is 6.23 Å². The van der Waals surface area contributed by atoms with Gasteiger partial charge in [-0.25, -0.2) is 0 Å². The number of ether oxygens (including phenoxy) is 2. The summed E-state index contributed by atoms with van der Waals surface area (Å²) < 4.78 is 13.1. The number of aliphatic hydroxyl groups excluding tert-OH is 3. The van der Waals surface area contributed by atoms with E-state index in [1.807, 2.05) is 0 Å². The summed E-state index contributed by atoms with van der Waals surface area (Å²) in [5.41, 5.74) is 2.19. The number of rotatable bonds is 3. The van der Waals surface area contributed by atoms with E-state index >= 15 is 0 Å². The van der Waals surface area contributed by atoms with Crippen LogP contribution in [0, 0.1) is 0 Å². The van der Waals surface area contributed by atoms with Crippen molar-refractivity contribution in [2.75, 3.05) is 13.7 Å². The van der Waals surface area contributed by atoms with Crippen molar-refractivity contribution in [2.45, 2.75) is 30.6 Å². The molecule has 0 aliphatic carbocycles. The van der Waals surface area contributed by atoms with Gasteiger partial charge in [0.1, 0.15) is 24.4 Å². The molecule has 5 aromatic rings. The third-order valence-corrected chi connectivity index (χ3v) is 8.41. The number of aromatic nitrogens is 2. The molecule has 5 atom stereocenters. The Labute approximate surface area is 229 Å². The predicted molar refractivity (Wildman–Crippen MR) is 144 cm³/mol. The molecule has 2 aliphatic rings. The van der Waals surface area contributed by atoms with Gasteiger partial charge in [0.2, 0.25) is 0 Å². The van der Waals surface area contributed by atoms with Crippen molar-refractivity contribution in [2.24, 2.45) is 0 Å². The third kappa shape index (κ3) is 3.16. The number of nitrogens with one attached hydrogen (secondary N) is 2. The molecule has 3 aromatic carbocycles. The van der Waals surface area contributed by atoms with Crippen molar-refractivity contribution in [1.29, 1.82) is 0 Å². The van der Waals surface area contributed by atoms with Crippen LogP contribution in [0.3, 0.4) is 0 Å². The number of hydrogen-bond acceptors (Lipinski definition) is 7. The summed E-state index contributed by atoms with van der Waals surface area (Å²) in [4.78, 5) is 29.8. The molecule has 1 fully saturated rings. The number of benzene rings is 3. The molecule has 2 aromatic heterocycles. The third-order valence-electron chi connectivity index (χ3n) is 7.79. The topological polar surface area (TPSA) is 146 Å². The zero-order valence-electron chi connectivity index (χ0n) is 20.2. The lowest BCUT2D eigenvalue weighted by atomic mass is 9.96. The van der Waals surface area contributed by atoms with E-state index in [0.29, 0.717) is 48.6 Å². The Balaban J connectivity index is 1.71. The van der Waals surface area contributed by atoms with Gasteiger partial charge in [-0.05, 0) is 12.1 Å². The van der Waals surface area contributed by atoms with Crippen LogP contribution in [0.5, 0.6) is 0 Å². The number of imide groups is 1. The number of aromatic amines is 1. The van der Waals surface area contributed by atoms with Crippen LogP contribution < -0.4 is 5.32 Å². The highest BCUT2D eigenvalue weighted by Crippen LogP contribution is 2.48. The molecular weight excluding hydrogens is 549 g/mol. The van der Waals surface area contributed by atoms with Gasteiger partial charge in [-0.2, -0.15) is 0 Å². The number of aliphatic hydroxyl groups is 3. The molecule has 0 spiro atoms. The molecule has 12 heteroatoms. The highest BCUT2D eigenvalue weighted by Gasteiger charge is 2.47. The van der Waals surface area contributed by atoms with Gasteiger partial charge in [-0.1, -0.05) is 47.5 Å². The van der Waals surface area contributed by atoms with Crippen LogP contribution in [0.25, 0.3) is 43.6 Å². The molecule has 5 N–H and O–H groups in total. The number of para-hydroxylation sites is 2. The maximum Gasteiger partial charge on any atom is 0.259 e. The van der Waals surface area contributed by atoms with Gasteiger partial charge in [-0.3, -0.25) is 14.9 Å². The van der Waals surface area contributed by atoms with Gasteiger partial charge in [-0.15, -0.1) is 0 Å². The van der Waals surface area contributed by atoms with Gasteiger partial charge >= 0.3 is 0 Å². The first-order chi connectivity index (χ1) is 18.8. The molecule has 0 saturated carbocycles. The predicted octanol–water partition coefficient (Wildman–Crippen LogP) is 3.25. The summed E-state index contributed by atoms with van der Waals surface area (Å²) >= 11 is 13.3. The summed E-state index contributed by atoms with van der Waals surface area (Å²) in [5, 5.41) is 37.5. The minimum Gasteiger partial charge on any atom is -0.394 e. The molecular formula is C27H21Cl2N3O7. The van der Waals surface area contributed by atoms with E-state index in [4.69, 9.17) is 32.7 Å². The van der Waals surface area contributed by atoms with Crippen LogP contribution in [0.1, 0.15) is 26.9 Å². The molecule has 0 radical (unpaired) electrons. The second kappa shape index (κ2) is 8.64. The zero-order chi connectivity index (χ0) is 27.3. The lowest BCUT2D eigenvalue weighted by Gasteiger charge is -2.42. The average molecular weight is 570 g/mol. The number of carbonyl (C=O) groups is 2. The second-order valence-corrected chi connectivity index (χ2v) is 10.5. The number of methoxy groups -OCH3 is 1. The van der Waals surface area contributed by atoms with E-state index in [9.17, 15) is 24.9 Å². The van der Waals surface area contributed by atoms with Crippen molar-refractivity contribution >= 4 is 78.6 Å². The largest absolute Gasteiger partial charge is 0.394 e. The van der Waals surface area contributed by atoms with E-state index in [1.54, 1.807) is 41.0 Å². The summed E-state index contributed by atoms with van der Waals surface area (Å²) in [5.74, 6) is -1.12. The summed E-state index contributed by atoms with van der Waals surface area (Å²) in [6, 6.07) is 10.4. The number of H-pyrrole nitrogens is 1. The molecule has 200 valence electrons. The highest BCUT2D eigenvalue weighted by molar-refractivity contribution is 6.43. The molecule has 39 heavy (non-hydrogen) atoms. The van der Waals surface area contributed by atoms with Crippen LogP contribution in [0.4, 0.5) is 0 Å². The standard InChI is InChI=1S/C27H21Cl2N3O7/c1-38-24-13(8-33)39-27(23(35)22(24)34)32-20-10(5-3-7-12(20)29)15-17-16(25(36)31-26(17)37)14-9-4-2-6-11(28)18(9)30-19(14)21(15)32/h2-7,13,22-24,27,30,33-35H,8H2,1H3,(H,31,36,37)/t13-,22-,23-,24+,27-/m1/s1. The number of nitrogens with zero attached hydrogens (tertiary/aromatic N) is 1. The van der Waals surface area contributed by atoms with Crippen molar-refractivity contribution in [3.8, 4) is 0 Å². The highest BCUT2D eigenvalue weighted by atomic mass is 35.5. The normalized spacial score (nSPS) is 25.3. The van der Waals surface area contributed by atoms with Crippen LogP contribution in [-0.4, -0.2) is 74.8 Å². The van der Waals surface area contributed by atoms with Gasteiger partial charge in [0.25, 0.3) is 11.8 Å². The molecule has 1 saturated heterocycles. The van der Waals surface area contributed by atoms with E-state index in [2.05, 4.69) is 10.3 Å². The first-order valence-electron chi connectivity index (χ1n) is 12.2. The van der Waals surface area contributed by atoms with Crippen LogP contribution >= 0.6 is 23.2 Å². The van der Waals surface area contributed by atoms with Gasteiger partial charge in [0, 0.05) is 28.7 Å². The Kier molecular flexibility index (Phi) is 5.49. The quantitative estimate of drug-likeness (QED) is 0.210. The number of hydrogen-bond donors (Lipinski definition) is 5. The smallest absolute Gasteiger partial charge is 0.259 e. The fourth-order valence-electron chi connectivity index (χ4n) is 6.20. The van der Waals surface area contributed by atoms with Crippen molar-refractivity contribution in [3.05, 3.63) is 57.6 Å². The molecule has 0 bridgehead atoms. The Morgan fingerprint density at radius 1 is 0.923 bits per heavy atom. The fourth-order valence-corrected chi connectivity index (χ4v) is 6.68. The SMILES string of the molecule is CO[C@@H]1[C@H](O)[C@@H](O)[C@H](n2c3c(Cl)cccc3c3c4c(c5c6cccc(Cl)c6[nH]c5c32)C(=O)NC4=O)O[C@@H]1CO. The monoisotopic (exact) mass is 569 g/mol. The number of carbonyl (C=O) groups excluding carboxylic acids is 2. The van der Waals surface area contributed by atoms with Crippen LogP contribution in [-0.2, 0) is 9.47 Å². The Morgan fingerprint density at radius 2 is 1.59 bits per heavy atom. The fraction of sp³-hybridized carbons (Fsp3) is 0.259. The molecule has 2 aliphatic heterocycles. The average Bonchev–Trinajstić information content (AvgIpc) is 3.56. The Bertz CT molecular complexity index is 1880. The van der Waals surface area contributed by atoms with E-state index < -0.39 is 49.1 Å². The lowest BCUT2D eigenvalue weighted by molar-refractivity contribution is -0.255. The minimum atomic E-state index is -1.51. The summed E-state index contributed by atoms with van der Waals surface area (Å²) in [6.45, 7) is -0.493. The van der Waals surface area contributed by atoms with E-state index in [0.717, 1.165) is 0 Å². The number of halogens is 2. The maximum atomic E-state index is 13.3. The summed E-state index contributed by atoms with van der Waals surface area (Å²) in [7, 11) is 1.35. The number of fused-ring (bicyclic) bond motifs is 10.